The standard InChI is InChI=1S/C12H12F3N3O2S/c1-3-18-12(15)11(7(2)16-18)21(19,20)17-8-4-5-9(13)10(14)6-8/h4-6,17H,3H2,1-2H3. The van der Waals surface area contributed by atoms with E-state index in [9.17, 15) is 21.6 Å². The summed E-state index contributed by atoms with van der Waals surface area (Å²) in [6, 6.07) is 2.48. The molecule has 0 saturated carbocycles. The van der Waals surface area contributed by atoms with E-state index in [0.717, 1.165) is 16.8 Å². The fraction of sp³-hybridized carbons (Fsp3) is 0.250. The predicted octanol–water partition coefficient (Wildman–Crippen LogP) is 2.43. The van der Waals surface area contributed by atoms with Crippen LogP contribution in [-0.2, 0) is 16.6 Å². The van der Waals surface area contributed by atoms with Crippen LogP contribution >= 0.6 is 0 Å². The molecule has 0 radical (unpaired) electrons. The first-order valence-electron chi connectivity index (χ1n) is 5.97. The number of sulfonamides is 1. The molecule has 0 amide bonds. The number of rotatable bonds is 4. The minimum Gasteiger partial charge on any atom is -0.279 e. The number of hydrogen-bond acceptors (Lipinski definition) is 3. The van der Waals surface area contributed by atoms with Crippen LogP contribution < -0.4 is 4.72 Å². The summed E-state index contributed by atoms with van der Waals surface area (Å²) in [6.07, 6.45) is 0. The summed E-state index contributed by atoms with van der Waals surface area (Å²) in [7, 11) is -4.29. The maximum Gasteiger partial charge on any atom is 0.268 e. The van der Waals surface area contributed by atoms with E-state index in [1.165, 1.54) is 6.92 Å². The highest BCUT2D eigenvalue weighted by Crippen LogP contribution is 2.23. The van der Waals surface area contributed by atoms with Gasteiger partial charge >= 0.3 is 0 Å². The van der Waals surface area contributed by atoms with Crippen LogP contribution in [0.1, 0.15) is 12.6 Å². The molecule has 2 rings (SSSR count). The number of nitrogens with zero attached hydrogens (tertiary/aromatic N) is 2. The third kappa shape index (κ3) is 2.87. The first kappa shape index (κ1) is 15.4. The van der Waals surface area contributed by atoms with Crippen molar-refractivity contribution < 1.29 is 21.6 Å². The molecule has 0 atom stereocenters. The number of aryl methyl sites for hydroxylation is 2. The van der Waals surface area contributed by atoms with Gasteiger partial charge in [-0.15, -0.1) is 0 Å². The van der Waals surface area contributed by atoms with E-state index in [1.54, 1.807) is 6.92 Å². The Kier molecular flexibility index (Phi) is 3.95. The van der Waals surface area contributed by atoms with Crippen LogP contribution in [0.3, 0.4) is 0 Å². The van der Waals surface area contributed by atoms with Gasteiger partial charge in [0, 0.05) is 12.6 Å². The Bertz CT molecular complexity index is 787. The lowest BCUT2D eigenvalue weighted by Gasteiger charge is -2.07. The van der Waals surface area contributed by atoms with Gasteiger partial charge < -0.3 is 0 Å². The summed E-state index contributed by atoms with van der Waals surface area (Å²) >= 11 is 0. The van der Waals surface area contributed by atoms with Crippen molar-refractivity contribution in [2.75, 3.05) is 4.72 Å². The Hall–Kier alpha value is -2.03. The number of hydrogen-bond donors (Lipinski definition) is 1. The molecule has 0 saturated heterocycles. The quantitative estimate of drug-likeness (QED) is 0.941. The Morgan fingerprint density at radius 1 is 1.24 bits per heavy atom. The van der Waals surface area contributed by atoms with Crippen LogP contribution in [0, 0.1) is 24.5 Å². The van der Waals surface area contributed by atoms with Gasteiger partial charge in [0.1, 0.15) is 0 Å². The second kappa shape index (κ2) is 5.40. The zero-order valence-electron chi connectivity index (χ0n) is 11.2. The highest BCUT2D eigenvalue weighted by Gasteiger charge is 2.27. The second-order valence-corrected chi connectivity index (χ2v) is 5.87. The fourth-order valence-corrected chi connectivity index (χ4v) is 3.11. The van der Waals surface area contributed by atoms with Gasteiger partial charge in [-0.3, -0.25) is 4.72 Å². The summed E-state index contributed by atoms with van der Waals surface area (Å²) in [5, 5.41) is 3.76. The SMILES string of the molecule is CCn1nc(C)c(S(=O)(=O)Nc2ccc(F)c(F)c2)c1F. The lowest BCUT2D eigenvalue weighted by atomic mass is 10.3. The third-order valence-corrected chi connectivity index (χ3v) is 4.26. The molecule has 0 spiro atoms. The molecule has 0 fully saturated rings. The van der Waals surface area contributed by atoms with E-state index in [0.29, 0.717) is 6.07 Å². The highest BCUT2D eigenvalue weighted by atomic mass is 32.2. The van der Waals surface area contributed by atoms with Crippen LogP contribution in [0.4, 0.5) is 18.9 Å². The van der Waals surface area contributed by atoms with Crippen molar-refractivity contribution >= 4 is 15.7 Å². The molecule has 2 aromatic rings. The summed E-state index contributed by atoms with van der Waals surface area (Å²) in [5.74, 6) is -3.33. The molecule has 0 aliphatic carbocycles. The average molecular weight is 319 g/mol. The molecular formula is C12H12F3N3O2S. The smallest absolute Gasteiger partial charge is 0.268 e. The van der Waals surface area contributed by atoms with E-state index >= 15 is 0 Å². The molecule has 0 aliphatic heterocycles. The van der Waals surface area contributed by atoms with Gasteiger partial charge in [-0.25, -0.2) is 21.9 Å². The van der Waals surface area contributed by atoms with Gasteiger partial charge in [0.15, 0.2) is 16.5 Å². The number of anilines is 1. The van der Waals surface area contributed by atoms with Gasteiger partial charge in [0.2, 0.25) is 5.95 Å². The van der Waals surface area contributed by atoms with E-state index in [2.05, 4.69) is 5.10 Å². The van der Waals surface area contributed by atoms with E-state index in [1.807, 2.05) is 4.72 Å². The summed E-state index contributed by atoms with van der Waals surface area (Å²) in [4.78, 5) is -0.617. The second-order valence-electron chi connectivity index (χ2n) is 4.26. The van der Waals surface area contributed by atoms with Crippen molar-refractivity contribution in [1.82, 2.24) is 9.78 Å². The largest absolute Gasteiger partial charge is 0.279 e. The van der Waals surface area contributed by atoms with Crippen molar-refractivity contribution in [1.29, 1.82) is 0 Å². The van der Waals surface area contributed by atoms with E-state index < -0.39 is 32.5 Å². The molecule has 5 nitrogen and oxygen atoms in total. The van der Waals surface area contributed by atoms with Crippen LogP contribution in [0.15, 0.2) is 23.1 Å². The molecule has 21 heavy (non-hydrogen) atoms. The topological polar surface area (TPSA) is 64.0 Å². The minimum atomic E-state index is -4.29. The zero-order valence-corrected chi connectivity index (χ0v) is 12.0. The van der Waals surface area contributed by atoms with Gasteiger partial charge in [0.05, 0.1) is 11.4 Å². The maximum atomic E-state index is 14.0. The number of halogens is 3. The lowest BCUT2D eigenvalue weighted by molar-refractivity contribution is 0.454. The Balaban J connectivity index is 2.43. The van der Waals surface area contributed by atoms with Crippen LogP contribution in [0.5, 0.6) is 0 Å². The van der Waals surface area contributed by atoms with Crippen molar-refractivity contribution in [3.8, 4) is 0 Å². The Morgan fingerprint density at radius 2 is 1.90 bits per heavy atom. The van der Waals surface area contributed by atoms with E-state index in [-0.39, 0.29) is 17.9 Å². The summed E-state index contributed by atoms with van der Waals surface area (Å²) in [6.45, 7) is 3.11. The normalized spacial score (nSPS) is 11.7. The molecule has 114 valence electrons. The molecule has 1 aromatic carbocycles. The monoisotopic (exact) mass is 319 g/mol. The third-order valence-electron chi connectivity index (χ3n) is 2.75. The van der Waals surface area contributed by atoms with Gasteiger partial charge in [-0.05, 0) is 26.0 Å². The van der Waals surface area contributed by atoms with Gasteiger partial charge in [-0.2, -0.15) is 9.49 Å². The number of aromatic nitrogens is 2. The summed E-state index contributed by atoms with van der Waals surface area (Å²) < 4.78 is 67.1. The molecule has 0 bridgehead atoms. The summed E-state index contributed by atoms with van der Waals surface area (Å²) in [5.41, 5.74) is -0.235. The molecular weight excluding hydrogens is 307 g/mol. The van der Waals surface area contributed by atoms with Crippen molar-refractivity contribution in [3.05, 3.63) is 41.5 Å². The van der Waals surface area contributed by atoms with Crippen molar-refractivity contribution in [2.45, 2.75) is 25.3 Å². The van der Waals surface area contributed by atoms with E-state index in [4.69, 9.17) is 0 Å². The average Bonchev–Trinajstić information content (AvgIpc) is 2.68. The minimum absolute atomic E-state index is 0.0237. The Labute approximate surface area is 119 Å². The van der Waals surface area contributed by atoms with Gasteiger partial charge in [-0.1, -0.05) is 0 Å². The van der Waals surface area contributed by atoms with Gasteiger partial charge in [0.25, 0.3) is 10.0 Å². The highest BCUT2D eigenvalue weighted by molar-refractivity contribution is 7.92. The predicted molar refractivity (Wildman–Crippen MR) is 69.8 cm³/mol. The van der Waals surface area contributed by atoms with Crippen LogP contribution in [-0.4, -0.2) is 18.2 Å². The maximum absolute atomic E-state index is 14.0. The zero-order chi connectivity index (χ0) is 15.8. The lowest BCUT2D eigenvalue weighted by Crippen LogP contribution is -2.15. The molecule has 1 heterocycles. The Morgan fingerprint density at radius 3 is 2.43 bits per heavy atom. The molecule has 0 unspecified atom stereocenters. The van der Waals surface area contributed by atoms with Crippen LogP contribution in [0.25, 0.3) is 0 Å². The first-order chi connectivity index (χ1) is 9.76. The van der Waals surface area contributed by atoms with Crippen molar-refractivity contribution in [2.24, 2.45) is 0 Å². The van der Waals surface area contributed by atoms with Crippen molar-refractivity contribution in [3.63, 3.8) is 0 Å². The molecule has 9 heteroatoms. The first-order valence-corrected chi connectivity index (χ1v) is 7.45. The fourth-order valence-electron chi connectivity index (χ4n) is 1.82. The van der Waals surface area contributed by atoms with Crippen LogP contribution in [0.2, 0.25) is 0 Å². The molecule has 1 aromatic heterocycles. The molecule has 0 aliphatic rings. The molecule has 1 N–H and O–H groups in total. The number of benzene rings is 1. The number of nitrogens with one attached hydrogen (secondary N) is 1.